The van der Waals surface area contributed by atoms with Crippen molar-refractivity contribution < 1.29 is 49.9 Å². The van der Waals surface area contributed by atoms with Gasteiger partial charge in [-0.2, -0.15) is 13.2 Å². The van der Waals surface area contributed by atoms with Crippen LogP contribution >= 0.6 is 0 Å². The van der Waals surface area contributed by atoms with Gasteiger partial charge in [-0.15, -0.1) is 0 Å². The molecule has 16 heteroatoms. The van der Waals surface area contributed by atoms with E-state index in [4.69, 9.17) is 10.3 Å². The number of benzene rings is 1. The van der Waals surface area contributed by atoms with Gasteiger partial charge in [0.1, 0.15) is 11.9 Å². The first-order valence-corrected chi connectivity index (χ1v) is 11.8. The quantitative estimate of drug-likeness (QED) is 0.0617. The van der Waals surface area contributed by atoms with E-state index in [-0.39, 0.29) is 43.4 Å². The molecule has 0 aliphatic carbocycles. The number of rotatable bonds is 11. The number of imide groups is 1. The number of hydrogen-bond acceptors (Lipinski definition) is 8. The maximum absolute atomic E-state index is 13.4. The zero-order valence-electron chi connectivity index (χ0n) is 18.0. The molecule has 2 rings (SSSR count). The van der Waals surface area contributed by atoms with Gasteiger partial charge in [0.15, 0.2) is 9.84 Å². The van der Waals surface area contributed by atoms with Crippen molar-refractivity contribution in [3.63, 3.8) is 0 Å². The second-order valence-corrected chi connectivity index (χ2v) is 9.39. The number of carbonyl (C=O) groups is 3. The predicted octanol–water partition coefficient (Wildman–Crippen LogP) is 4.07. The highest BCUT2D eigenvalue weighted by molar-refractivity contribution is 7.91. The molecule has 0 aromatic heterocycles. The Labute approximate surface area is 196 Å². The zero-order valence-corrected chi connectivity index (χ0v) is 18.8. The highest BCUT2D eigenvalue weighted by Crippen LogP contribution is 2.35. The van der Waals surface area contributed by atoms with Crippen molar-refractivity contribution in [1.82, 2.24) is 5.06 Å². The molecule has 1 aliphatic rings. The van der Waals surface area contributed by atoms with Crippen molar-refractivity contribution in [1.29, 1.82) is 0 Å². The summed E-state index contributed by atoms with van der Waals surface area (Å²) in [6.45, 7) is 0.145. The number of amides is 2. The largest absolute Gasteiger partial charge is 0.534 e. The summed E-state index contributed by atoms with van der Waals surface area (Å²) in [5, 5.41) is 3.48. The summed E-state index contributed by atoms with van der Waals surface area (Å²) >= 11 is 0. The summed E-state index contributed by atoms with van der Waals surface area (Å²) in [5.74, 6) is -4.06. The maximum Gasteiger partial charge on any atom is 0.534 e. The van der Waals surface area contributed by atoms with E-state index in [1.807, 2.05) is 0 Å². The third kappa shape index (κ3) is 8.10. The summed E-state index contributed by atoms with van der Waals surface area (Å²) in [6.07, 6.45) is -7.89. The summed E-state index contributed by atoms with van der Waals surface area (Å²) in [7, 11) is -4.77. The average molecular weight is 524 g/mol. The van der Waals surface area contributed by atoms with Gasteiger partial charge in [-0.1, -0.05) is 16.6 Å². The average Bonchev–Trinajstić information content (AvgIpc) is 3.07. The Morgan fingerprint density at radius 2 is 1.83 bits per heavy atom. The minimum Gasteiger partial charge on any atom is -0.428 e. The number of azide groups is 1. The lowest BCUT2D eigenvalue weighted by atomic mass is 10.1. The lowest BCUT2D eigenvalue weighted by Gasteiger charge is -2.20. The first-order valence-electron chi connectivity index (χ1n) is 10.2. The van der Waals surface area contributed by atoms with Crippen molar-refractivity contribution in [2.24, 2.45) is 5.11 Å². The molecule has 0 spiro atoms. The molecule has 0 saturated carbocycles. The fourth-order valence-corrected chi connectivity index (χ4v) is 4.86. The van der Waals surface area contributed by atoms with E-state index in [0.717, 1.165) is 0 Å². The number of sulfone groups is 1. The number of hydrogen-bond donors (Lipinski definition) is 0. The van der Waals surface area contributed by atoms with Gasteiger partial charge in [0.2, 0.25) is 0 Å². The molecule has 1 saturated heterocycles. The van der Waals surface area contributed by atoms with Crippen molar-refractivity contribution >= 4 is 27.8 Å². The van der Waals surface area contributed by atoms with Crippen LogP contribution in [0.5, 0.6) is 0 Å². The van der Waals surface area contributed by atoms with Crippen LogP contribution in [0.3, 0.4) is 0 Å². The van der Waals surface area contributed by atoms with Crippen LogP contribution in [0.25, 0.3) is 10.4 Å². The fourth-order valence-electron chi connectivity index (χ4n) is 3.17. The Morgan fingerprint density at radius 3 is 2.43 bits per heavy atom. The molecule has 192 valence electrons. The molecular formula is C19H20F4N4O7S. The topological polar surface area (TPSA) is 156 Å². The van der Waals surface area contributed by atoms with Crippen LogP contribution in [0.2, 0.25) is 0 Å². The van der Waals surface area contributed by atoms with Gasteiger partial charge >= 0.3 is 12.3 Å². The third-order valence-corrected chi connectivity index (χ3v) is 6.61. The first-order chi connectivity index (χ1) is 16.3. The lowest BCUT2D eigenvalue weighted by molar-refractivity contribution is -0.178. The van der Waals surface area contributed by atoms with Gasteiger partial charge in [0.05, 0.1) is 16.2 Å². The summed E-state index contributed by atoms with van der Waals surface area (Å²) in [6, 6.07) is 1.05. The van der Waals surface area contributed by atoms with Crippen LogP contribution in [0.1, 0.15) is 44.1 Å². The predicted molar refractivity (Wildman–Crippen MR) is 108 cm³/mol. The number of carbonyl (C=O) groups excluding carboxylic acids is 3. The molecule has 0 N–H and O–H groups in total. The van der Waals surface area contributed by atoms with Crippen LogP contribution in [0.15, 0.2) is 28.2 Å². The summed E-state index contributed by atoms with van der Waals surface area (Å²) in [5.41, 5.74) is 6.54. The molecular weight excluding hydrogens is 504 g/mol. The van der Waals surface area contributed by atoms with Gasteiger partial charge < -0.3 is 4.74 Å². The fraction of sp³-hybridized carbons (Fsp3) is 0.526. The molecule has 1 fully saturated rings. The molecule has 0 radical (unpaired) electrons. The standard InChI is InChI=1S/C19H20F4N4O7S/c20-12-5-6-15(14(10-12)19(21,22)23)35(31,32)11-13(4-2-1-3-9-25-26-24)33-18(30)34-27-16(28)7-8-17(27)29/h5-6,10,13H,1-4,7-9,11H2. The van der Waals surface area contributed by atoms with E-state index < -0.39 is 62.1 Å². The number of hydroxylamine groups is 2. The molecule has 1 aromatic rings. The first kappa shape index (κ1) is 27.9. The SMILES string of the molecule is [N-]=[N+]=NCCCCCC(CS(=O)(=O)c1ccc(F)cc1C(F)(F)F)OC(=O)ON1C(=O)CCC1=O. The summed E-state index contributed by atoms with van der Waals surface area (Å²) < 4.78 is 83.8. The van der Waals surface area contributed by atoms with Crippen LogP contribution in [0, 0.1) is 5.82 Å². The van der Waals surface area contributed by atoms with Gasteiger partial charge in [0.25, 0.3) is 11.8 Å². The Hall–Kier alpha value is -3.39. The second-order valence-electron chi connectivity index (χ2n) is 7.39. The van der Waals surface area contributed by atoms with Crippen molar-refractivity contribution in [2.45, 2.75) is 55.7 Å². The zero-order chi connectivity index (χ0) is 26.2. The second kappa shape index (κ2) is 11.8. The monoisotopic (exact) mass is 524 g/mol. The molecule has 1 atom stereocenters. The van der Waals surface area contributed by atoms with Crippen LogP contribution in [-0.2, 0) is 35.2 Å². The number of nitrogens with zero attached hydrogens (tertiary/aromatic N) is 4. The molecule has 2 amide bonds. The van der Waals surface area contributed by atoms with E-state index in [1.165, 1.54) is 0 Å². The Kier molecular flexibility index (Phi) is 9.42. The van der Waals surface area contributed by atoms with E-state index >= 15 is 0 Å². The number of halogens is 4. The van der Waals surface area contributed by atoms with Gasteiger partial charge in [-0.05, 0) is 43.0 Å². The van der Waals surface area contributed by atoms with E-state index in [1.54, 1.807) is 0 Å². The van der Waals surface area contributed by atoms with Gasteiger partial charge in [-0.25, -0.2) is 17.6 Å². The highest BCUT2D eigenvalue weighted by atomic mass is 32.2. The normalized spacial score (nSPS) is 15.0. The third-order valence-electron chi connectivity index (χ3n) is 4.77. The Bertz CT molecular complexity index is 1100. The Morgan fingerprint density at radius 1 is 1.17 bits per heavy atom. The van der Waals surface area contributed by atoms with Crippen LogP contribution in [-0.4, -0.2) is 49.9 Å². The molecule has 11 nitrogen and oxygen atoms in total. The van der Waals surface area contributed by atoms with Gasteiger partial charge in [0, 0.05) is 24.3 Å². The number of ether oxygens (including phenoxy) is 1. The molecule has 0 bridgehead atoms. The Balaban J connectivity index is 2.20. The minimum absolute atomic E-state index is 0.0390. The molecule has 1 aromatic carbocycles. The lowest BCUT2D eigenvalue weighted by Crippen LogP contribution is -2.35. The van der Waals surface area contributed by atoms with E-state index in [2.05, 4.69) is 14.9 Å². The van der Waals surface area contributed by atoms with E-state index in [9.17, 15) is 40.4 Å². The van der Waals surface area contributed by atoms with Crippen molar-refractivity contribution in [3.05, 3.63) is 40.0 Å². The molecule has 1 aliphatic heterocycles. The smallest absolute Gasteiger partial charge is 0.428 e. The van der Waals surface area contributed by atoms with Crippen molar-refractivity contribution in [2.75, 3.05) is 12.3 Å². The minimum atomic E-state index is -5.18. The van der Waals surface area contributed by atoms with Crippen LogP contribution < -0.4 is 0 Å². The number of unbranched alkanes of at least 4 members (excludes halogenated alkanes) is 2. The maximum atomic E-state index is 13.4. The molecule has 1 heterocycles. The molecule has 35 heavy (non-hydrogen) atoms. The number of alkyl halides is 3. The van der Waals surface area contributed by atoms with Gasteiger partial charge in [-0.3, -0.25) is 14.4 Å². The highest BCUT2D eigenvalue weighted by Gasteiger charge is 2.39. The van der Waals surface area contributed by atoms with Crippen LogP contribution in [0.4, 0.5) is 22.4 Å². The van der Waals surface area contributed by atoms with E-state index in [0.29, 0.717) is 25.0 Å². The molecule has 1 unspecified atom stereocenters. The summed E-state index contributed by atoms with van der Waals surface area (Å²) in [4.78, 5) is 41.2. The van der Waals surface area contributed by atoms with Crippen molar-refractivity contribution in [3.8, 4) is 0 Å².